The third kappa shape index (κ3) is 6.34. The average molecular weight is 289 g/mol. The Labute approximate surface area is 119 Å². The molecule has 0 heterocycles. The molecular weight excluding hydrogens is 267 g/mol. The number of methoxy groups -OCH3 is 1. The van der Waals surface area contributed by atoms with Gasteiger partial charge in [0, 0.05) is 36.8 Å². The molecular formula is C14H22ClFN2O. The summed E-state index contributed by atoms with van der Waals surface area (Å²) in [4.78, 5) is 0. The molecule has 1 aromatic rings. The van der Waals surface area contributed by atoms with Crippen molar-refractivity contribution in [3.05, 3.63) is 34.6 Å². The van der Waals surface area contributed by atoms with E-state index in [4.69, 9.17) is 16.3 Å². The lowest BCUT2D eigenvalue weighted by atomic mass is 10.1. The zero-order valence-electron chi connectivity index (χ0n) is 11.5. The molecule has 1 unspecified atom stereocenters. The molecule has 0 fully saturated rings. The first-order valence-electron chi connectivity index (χ1n) is 6.51. The summed E-state index contributed by atoms with van der Waals surface area (Å²) in [5.41, 5.74) is 0.580. The molecule has 1 atom stereocenters. The number of rotatable bonds is 9. The highest BCUT2D eigenvalue weighted by Crippen LogP contribution is 2.18. The van der Waals surface area contributed by atoms with Crippen LogP contribution in [-0.4, -0.2) is 39.4 Å². The summed E-state index contributed by atoms with van der Waals surface area (Å²) in [7, 11) is 1.68. The van der Waals surface area contributed by atoms with Crippen molar-refractivity contribution < 1.29 is 9.13 Å². The Balaban J connectivity index is 2.22. The van der Waals surface area contributed by atoms with E-state index < -0.39 is 0 Å². The quantitative estimate of drug-likeness (QED) is 0.684. The molecule has 1 aromatic carbocycles. The van der Waals surface area contributed by atoms with Gasteiger partial charge in [-0.15, -0.1) is 0 Å². The number of hydrogen-bond acceptors (Lipinski definition) is 3. The van der Waals surface area contributed by atoms with Gasteiger partial charge < -0.3 is 15.4 Å². The second-order valence-corrected chi connectivity index (χ2v) is 4.91. The van der Waals surface area contributed by atoms with Crippen LogP contribution in [0.25, 0.3) is 0 Å². The van der Waals surface area contributed by atoms with E-state index >= 15 is 0 Å². The van der Waals surface area contributed by atoms with Crippen molar-refractivity contribution in [3.8, 4) is 0 Å². The van der Waals surface area contributed by atoms with Gasteiger partial charge in [0.05, 0.1) is 6.61 Å². The highest BCUT2D eigenvalue weighted by molar-refractivity contribution is 6.31. The van der Waals surface area contributed by atoms with Gasteiger partial charge in [0.25, 0.3) is 0 Å². The molecule has 5 heteroatoms. The number of halogens is 2. The van der Waals surface area contributed by atoms with Crippen LogP contribution in [0.3, 0.4) is 0 Å². The molecule has 0 aliphatic rings. The molecule has 0 aliphatic heterocycles. The molecule has 0 spiro atoms. The van der Waals surface area contributed by atoms with Crippen LogP contribution in [0.1, 0.15) is 12.5 Å². The van der Waals surface area contributed by atoms with Crippen molar-refractivity contribution in [2.75, 3.05) is 33.4 Å². The van der Waals surface area contributed by atoms with E-state index in [0.717, 1.165) is 13.1 Å². The fourth-order valence-electron chi connectivity index (χ4n) is 1.78. The smallest absolute Gasteiger partial charge is 0.127 e. The van der Waals surface area contributed by atoms with Gasteiger partial charge >= 0.3 is 0 Å². The second-order valence-electron chi connectivity index (χ2n) is 4.50. The Kier molecular flexibility index (Phi) is 7.98. The van der Waals surface area contributed by atoms with Gasteiger partial charge in [-0.2, -0.15) is 0 Å². The van der Waals surface area contributed by atoms with Crippen LogP contribution >= 0.6 is 11.6 Å². The molecule has 0 aromatic heterocycles. The molecule has 1 rings (SSSR count). The van der Waals surface area contributed by atoms with Gasteiger partial charge in [-0.1, -0.05) is 17.7 Å². The molecule has 0 saturated heterocycles. The number of nitrogens with one attached hydrogen (secondary N) is 2. The molecule has 19 heavy (non-hydrogen) atoms. The largest absolute Gasteiger partial charge is 0.383 e. The first-order valence-corrected chi connectivity index (χ1v) is 6.89. The molecule has 0 saturated carbocycles. The maximum Gasteiger partial charge on any atom is 0.127 e. The van der Waals surface area contributed by atoms with E-state index in [2.05, 4.69) is 17.6 Å². The highest BCUT2D eigenvalue weighted by atomic mass is 35.5. The van der Waals surface area contributed by atoms with Gasteiger partial charge in [-0.25, -0.2) is 4.39 Å². The summed E-state index contributed by atoms with van der Waals surface area (Å²) in [5.74, 6) is -0.236. The third-order valence-corrected chi connectivity index (χ3v) is 3.22. The average Bonchev–Trinajstić information content (AvgIpc) is 2.38. The number of benzene rings is 1. The molecule has 2 N–H and O–H groups in total. The lowest BCUT2D eigenvalue weighted by Gasteiger charge is -2.15. The van der Waals surface area contributed by atoms with Crippen LogP contribution in [0.5, 0.6) is 0 Å². The summed E-state index contributed by atoms with van der Waals surface area (Å²) in [6, 6.07) is 5.10. The van der Waals surface area contributed by atoms with E-state index in [0.29, 0.717) is 36.2 Å². The molecule has 3 nitrogen and oxygen atoms in total. The minimum Gasteiger partial charge on any atom is -0.383 e. The van der Waals surface area contributed by atoms with Crippen LogP contribution in [0, 0.1) is 5.82 Å². The minimum absolute atomic E-state index is 0.236. The SMILES string of the molecule is COCCNCC(C)NCCc1c(F)cccc1Cl. The van der Waals surface area contributed by atoms with Gasteiger partial charge in [0.1, 0.15) is 5.82 Å². The first kappa shape index (κ1) is 16.4. The molecule has 0 amide bonds. The van der Waals surface area contributed by atoms with Crippen molar-refractivity contribution in [2.24, 2.45) is 0 Å². The van der Waals surface area contributed by atoms with E-state index in [9.17, 15) is 4.39 Å². The van der Waals surface area contributed by atoms with Crippen molar-refractivity contribution in [3.63, 3.8) is 0 Å². The maximum absolute atomic E-state index is 13.5. The van der Waals surface area contributed by atoms with Gasteiger partial charge in [0.2, 0.25) is 0 Å². The van der Waals surface area contributed by atoms with E-state index in [-0.39, 0.29) is 5.82 Å². The summed E-state index contributed by atoms with van der Waals surface area (Å²) in [6.07, 6.45) is 0.591. The van der Waals surface area contributed by atoms with Crippen LogP contribution < -0.4 is 10.6 Å². The summed E-state index contributed by atoms with van der Waals surface area (Å²) >= 11 is 5.97. The van der Waals surface area contributed by atoms with Crippen LogP contribution in [-0.2, 0) is 11.2 Å². The predicted molar refractivity (Wildman–Crippen MR) is 77.3 cm³/mol. The first-order chi connectivity index (χ1) is 9.15. The Hall–Kier alpha value is -0.680. The second kappa shape index (κ2) is 9.26. The monoisotopic (exact) mass is 288 g/mol. The van der Waals surface area contributed by atoms with Crippen molar-refractivity contribution in [1.82, 2.24) is 10.6 Å². The van der Waals surface area contributed by atoms with E-state index in [1.807, 2.05) is 0 Å². The van der Waals surface area contributed by atoms with Gasteiger partial charge in [-0.3, -0.25) is 0 Å². The standard InChI is InChI=1S/C14H22ClFN2O/c1-11(10-17-8-9-19-2)18-7-6-12-13(15)4-3-5-14(12)16/h3-5,11,17-18H,6-10H2,1-2H3. The van der Waals surface area contributed by atoms with Crippen LogP contribution in [0.2, 0.25) is 5.02 Å². The molecule has 108 valence electrons. The fourth-order valence-corrected chi connectivity index (χ4v) is 2.04. The minimum atomic E-state index is -0.236. The van der Waals surface area contributed by atoms with Gasteiger partial charge in [0.15, 0.2) is 0 Å². The van der Waals surface area contributed by atoms with Crippen molar-refractivity contribution in [1.29, 1.82) is 0 Å². The zero-order chi connectivity index (χ0) is 14.1. The highest BCUT2D eigenvalue weighted by Gasteiger charge is 2.07. The molecule has 0 bridgehead atoms. The predicted octanol–water partition coefficient (Wildman–Crippen LogP) is 2.24. The Morgan fingerprint density at radius 2 is 2.16 bits per heavy atom. The zero-order valence-corrected chi connectivity index (χ0v) is 12.3. The third-order valence-electron chi connectivity index (χ3n) is 2.86. The normalized spacial score (nSPS) is 12.6. The summed E-state index contributed by atoms with van der Waals surface area (Å²) in [6.45, 7) is 5.18. The van der Waals surface area contributed by atoms with E-state index in [1.165, 1.54) is 6.07 Å². The van der Waals surface area contributed by atoms with Crippen LogP contribution in [0.4, 0.5) is 4.39 Å². The topological polar surface area (TPSA) is 33.3 Å². The number of ether oxygens (including phenoxy) is 1. The summed E-state index contributed by atoms with van der Waals surface area (Å²) < 4.78 is 18.5. The molecule has 0 radical (unpaired) electrons. The van der Waals surface area contributed by atoms with Crippen LogP contribution in [0.15, 0.2) is 18.2 Å². The fraction of sp³-hybridized carbons (Fsp3) is 0.571. The maximum atomic E-state index is 13.5. The summed E-state index contributed by atoms with van der Waals surface area (Å²) in [5, 5.41) is 7.10. The van der Waals surface area contributed by atoms with Crippen molar-refractivity contribution in [2.45, 2.75) is 19.4 Å². The lowest BCUT2D eigenvalue weighted by Crippen LogP contribution is -2.38. The Morgan fingerprint density at radius 3 is 2.84 bits per heavy atom. The molecule has 0 aliphatic carbocycles. The number of hydrogen-bond donors (Lipinski definition) is 2. The van der Waals surface area contributed by atoms with Crippen molar-refractivity contribution >= 4 is 11.6 Å². The Bertz CT molecular complexity index is 356. The van der Waals surface area contributed by atoms with Gasteiger partial charge in [-0.05, 0) is 32.0 Å². The Morgan fingerprint density at radius 1 is 1.37 bits per heavy atom. The lowest BCUT2D eigenvalue weighted by molar-refractivity contribution is 0.198. The van der Waals surface area contributed by atoms with E-state index in [1.54, 1.807) is 19.2 Å².